The number of fused-ring (bicyclic) bond motifs is 2. The summed E-state index contributed by atoms with van der Waals surface area (Å²) in [5.41, 5.74) is 4.38. The summed E-state index contributed by atoms with van der Waals surface area (Å²) in [6.07, 6.45) is 5.42. The number of hydrogen-bond acceptors (Lipinski definition) is 3. The molecular formula is C24H20N4O2. The minimum atomic E-state index is -0.226. The third kappa shape index (κ3) is 3.12. The van der Waals surface area contributed by atoms with Gasteiger partial charge < -0.3 is 15.2 Å². The number of amides is 2. The second-order valence-electron chi connectivity index (χ2n) is 7.32. The monoisotopic (exact) mass is 396 g/mol. The van der Waals surface area contributed by atoms with Crippen LogP contribution in [0.5, 0.6) is 0 Å². The number of para-hydroxylation sites is 1. The highest BCUT2D eigenvalue weighted by atomic mass is 16.2. The van der Waals surface area contributed by atoms with Crippen molar-refractivity contribution >= 4 is 28.4 Å². The van der Waals surface area contributed by atoms with Crippen molar-refractivity contribution in [3.05, 3.63) is 95.9 Å². The molecular weight excluding hydrogens is 376 g/mol. The smallest absolute Gasteiger partial charge is 0.255 e. The molecule has 2 amide bonds. The fourth-order valence-electron chi connectivity index (χ4n) is 4.14. The highest BCUT2D eigenvalue weighted by molar-refractivity contribution is 6.01. The van der Waals surface area contributed by atoms with E-state index in [1.54, 1.807) is 29.4 Å². The first-order valence-corrected chi connectivity index (χ1v) is 9.88. The van der Waals surface area contributed by atoms with Crippen LogP contribution in [0.1, 0.15) is 33.9 Å². The van der Waals surface area contributed by atoms with Crippen molar-refractivity contribution in [1.82, 2.24) is 14.9 Å². The van der Waals surface area contributed by atoms with Crippen molar-refractivity contribution in [3.8, 4) is 0 Å². The number of benzene rings is 2. The molecule has 0 aliphatic carbocycles. The van der Waals surface area contributed by atoms with E-state index in [-0.39, 0.29) is 24.3 Å². The number of carbonyl (C=O) groups is 2. The summed E-state index contributed by atoms with van der Waals surface area (Å²) in [6, 6.07) is 19.1. The second-order valence-corrected chi connectivity index (χ2v) is 7.32. The van der Waals surface area contributed by atoms with Crippen LogP contribution in [0, 0.1) is 0 Å². The van der Waals surface area contributed by atoms with Crippen LogP contribution in [0.4, 0.5) is 5.69 Å². The topological polar surface area (TPSA) is 78.1 Å². The molecule has 2 N–H and O–H groups in total. The Kier molecular flexibility index (Phi) is 4.52. The second kappa shape index (κ2) is 7.48. The molecule has 0 bridgehead atoms. The molecule has 6 nitrogen and oxygen atoms in total. The number of nitrogens with zero attached hydrogens (tertiary/aromatic N) is 2. The summed E-state index contributed by atoms with van der Waals surface area (Å²) in [7, 11) is 0. The molecule has 0 saturated carbocycles. The predicted molar refractivity (Wildman–Crippen MR) is 115 cm³/mol. The van der Waals surface area contributed by atoms with E-state index in [4.69, 9.17) is 0 Å². The Morgan fingerprint density at radius 3 is 2.73 bits per heavy atom. The molecule has 2 aromatic carbocycles. The molecule has 1 aliphatic rings. The normalized spacial score (nSPS) is 15.4. The number of anilines is 1. The Balaban J connectivity index is 1.44. The van der Waals surface area contributed by atoms with Crippen LogP contribution >= 0.6 is 0 Å². The maximum absolute atomic E-state index is 13.2. The SMILES string of the molecule is O=C(CCN1C(=O)c2ccccc2[C@@H]1c1c[nH]c2ccccc12)Nc1cccnc1. The van der Waals surface area contributed by atoms with Crippen molar-refractivity contribution in [2.45, 2.75) is 12.5 Å². The van der Waals surface area contributed by atoms with E-state index in [9.17, 15) is 9.59 Å². The lowest BCUT2D eigenvalue weighted by Crippen LogP contribution is -2.32. The molecule has 6 heteroatoms. The van der Waals surface area contributed by atoms with Gasteiger partial charge in [0.2, 0.25) is 5.91 Å². The zero-order chi connectivity index (χ0) is 20.5. The van der Waals surface area contributed by atoms with Gasteiger partial charge in [-0.05, 0) is 29.8 Å². The highest BCUT2D eigenvalue weighted by Gasteiger charge is 2.38. The summed E-state index contributed by atoms with van der Waals surface area (Å²) in [5, 5.41) is 3.92. The summed E-state index contributed by atoms with van der Waals surface area (Å²) in [4.78, 5) is 34.8. The van der Waals surface area contributed by atoms with Crippen molar-refractivity contribution in [2.75, 3.05) is 11.9 Å². The standard InChI is InChI=1S/C24H20N4O2/c29-22(27-16-6-5-12-25-14-16)11-13-28-23(18-8-1-2-9-19(18)24(28)30)20-15-26-21-10-4-3-7-17(20)21/h1-10,12,14-15,23,26H,11,13H2,(H,27,29)/t23-/m1/s1. The number of aromatic nitrogens is 2. The molecule has 0 spiro atoms. The van der Waals surface area contributed by atoms with Crippen LogP contribution in [0.25, 0.3) is 10.9 Å². The van der Waals surface area contributed by atoms with Crippen LogP contribution in [-0.4, -0.2) is 33.2 Å². The van der Waals surface area contributed by atoms with E-state index in [1.807, 2.05) is 48.7 Å². The van der Waals surface area contributed by atoms with Gasteiger partial charge in [0.15, 0.2) is 0 Å². The van der Waals surface area contributed by atoms with Gasteiger partial charge in [-0.25, -0.2) is 0 Å². The Morgan fingerprint density at radius 1 is 1.03 bits per heavy atom. The number of aromatic amines is 1. The lowest BCUT2D eigenvalue weighted by atomic mass is 9.97. The molecule has 1 aliphatic heterocycles. The zero-order valence-corrected chi connectivity index (χ0v) is 16.2. The summed E-state index contributed by atoms with van der Waals surface area (Å²) >= 11 is 0. The summed E-state index contributed by atoms with van der Waals surface area (Å²) < 4.78 is 0. The molecule has 0 unspecified atom stereocenters. The Morgan fingerprint density at radius 2 is 1.87 bits per heavy atom. The first-order chi connectivity index (χ1) is 14.7. The van der Waals surface area contributed by atoms with E-state index in [0.29, 0.717) is 17.8 Å². The number of hydrogen-bond donors (Lipinski definition) is 2. The number of carbonyl (C=O) groups excluding carboxylic acids is 2. The van der Waals surface area contributed by atoms with Crippen molar-refractivity contribution in [1.29, 1.82) is 0 Å². The highest BCUT2D eigenvalue weighted by Crippen LogP contribution is 2.41. The van der Waals surface area contributed by atoms with Gasteiger partial charge in [0.25, 0.3) is 5.91 Å². The third-order valence-electron chi connectivity index (χ3n) is 5.50. The van der Waals surface area contributed by atoms with Crippen molar-refractivity contribution in [2.24, 2.45) is 0 Å². The minimum Gasteiger partial charge on any atom is -0.361 e. The van der Waals surface area contributed by atoms with Gasteiger partial charge in [0.05, 0.1) is 17.9 Å². The summed E-state index contributed by atoms with van der Waals surface area (Å²) in [5.74, 6) is -0.195. The van der Waals surface area contributed by atoms with E-state index in [1.165, 1.54) is 0 Å². The lowest BCUT2D eigenvalue weighted by Gasteiger charge is -2.25. The van der Waals surface area contributed by atoms with Crippen molar-refractivity contribution < 1.29 is 9.59 Å². The number of H-pyrrole nitrogens is 1. The van der Waals surface area contributed by atoms with E-state index in [2.05, 4.69) is 21.4 Å². The van der Waals surface area contributed by atoms with Gasteiger partial charge in [-0.1, -0.05) is 36.4 Å². The van der Waals surface area contributed by atoms with Crippen molar-refractivity contribution in [3.63, 3.8) is 0 Å². The van der Waals surface area contributed by atoms with Gasteiger partial charge in [-0.2, -0.15) is 0 Å². The molecule has 2 aromatic heterocycles. The van der Waals surface area contributed by atoms with Crippen LogP contribution in [0.15, 0.2) is 79.3 Å². The van der Waals surface area contributed by atoms with E-state index in [0.717, 1.165) is 22.0 Å². The zero-order valence-electron chi connectivity index (χ0n) is 16.2. The molecule has 30 heavy (non-hydrogen) atoms. The largest absolute Gasteiger partial charge is 0.361 e. The molecule has 3 heterocycles. The van der Waals surface area contributed by atoms with Crippen LogP contribution in [0.2, 0.25) is 0 Å². The lowest BCUT2D eigenvalue weighted by molar-refractivity contribution is -0.116. The molecule has 4 aromatic rings. The van der Waals surface area contributed by atoms with Gasteiger partial charge in [-0.3, -0.25) is 14.6 Å². The Hall–Kier alpha value is -3.93. The van der Waals surface area contributed by atoms with Crippen LogP contribution < -0.4 is 5.32 Å². The first-order valence-electron chi connectivity index (χ1n) is 9.88. The maximum Gasteiger partial charge on any atom is 0.255 e. The Bertz CT molecular complexity index is 1230. The number of nitrogens with one attached hydrogen (secondary N) is 2. The summed E-state index contributed by atoms with van der Waals surface area (Å²) in [6.45, 7) is 0.323. The fourth-order valence-corrected chi connectivity index (χ4v) is 4.14. The van der Waals surface area contributed by atoms with Gasteiger partial charge in [0, 0.05) is 47.4 Å². The molecule has 1 atom stereocenters. The minimum absolute atomic E-state index is 0.0462. The number of pyridine rings is 1. The average Bonchev–Trinajstić information content (AvgIpc) is 3.32. The fraction of sp³-hybridized carbons (Fsp3) is 0.125. The molecule has 0 fully saturated rings. The van der Waals surface area contributed by atoms with E-state index < -0.39 is 0 Å². The van der Waals surface area contributed by atoms with Crippen LogP contribution in [-0.2, 0) is 4.79 Å². The van der Waals surface area contributed by atoms with E-state index >= 15 is 0 Å². The van der Waals surface area contributed by atoms with Gasteiger partial charge >= 0.3 is 0 Å². The Labute approximate surface area is 173 Å². The quantitative estimate of drug-likeness (QED) is 0.532. The third-order valence-corrected chi connectivity index (χ3v) is 5.50. The van der Waals surface area contributed by atoms with Gasteiger partial charge in [-0.15, -0.1) is 0 Å². The molecule has 5 rings (SSSR count). The molecule has 0 saturated heterocycles. The van der Waals surface area contributed by atoms with Crippen LogP contribution in [0.3, 0.4) is 0 Å². The van der Waals surface area contributed by atoms with Gasteiger partial charge in [0.1, 0.15) is 0 Å². The molecule has 0 radical (unpaired) electrons. The predicted octanol–water partition coefficient (Wildman–Crippen LogP) is 4.14. The maximum atomic E-state index is 13.2. The average molecular weight is 396 g/mol. The molecule has 148 valence electrons. The first kappa shape index (κ1) is 18.1. The number of rotatable bonds is 5.